The highest BCUT2D eigenvalue weighted by Crippen LogP contribution is 2.48. The Morgan fingerprint density at radius 3 is 2.52 bits per heavy atom. The van der Waals surface area contributed by atoms with E-state index >= 15 is 0 Å². The van der Waals surface area contributed by atoms with Crippen molar-refractivity contribution >= 4 is 17.5 Å². The van der Waals surface area contributed by atoms with Gasteiger partial charge in [0.2, 0.25) is 5.91 Å². The summed E-state index contributed by atoms with van der Waals surface area (Å²) >= 11 is 5.93. The van der Waals surface area contributed by atoms with Crippen molar-refractivity contribution in [3.63, 3.8) is 0 Å². The number of carbonyl (C=O) groups excluding carboxylic acids is 1. The van der Waals surface area contributed by atoms with Gasteiger partial charge in [-0.1, -0.05) is 41.9 Å². The van der Waals surface area contributed by atoms with Crippen LogP contribution in [0, 0.1) is 0 Å². The van der Waals surface area contributed by atoms with Crippen LogP contribution < -0.4 is 10.1 Å². The molecule has 1 aliphatic rings. The second kappa shape index (κ2) is 6.63. The molecule has 0 spiro atoms. The van der Waals surface area contributed by atoms with E-state index in [2.05, 4.69) is 5.32 Å². The van der Waals surface area contributed by atoms with E-state index in [0.717, 1.165) is 36.1 Å². The van der Waals surface area contributed by atoms with Crippen molar-refractivity contribution in [3.8, 4) is 5.75 Å². The number of hydrogen-bond donors (Lipinski definition) is 1. The summed E-state index contributed by atoms with van der Waals surface area (Å²) in [5.74, 6) is 0.968. The van der Waals surface area contributed by atoms with E-state index in [-0.39, 0.29) is 11.3 Å². The zero-order chi connectivity index (χ0) is 16.3. The lowest BCUT2D eigenvalue weighted by atomic mass is 9.95. The molecule has 3 rings (SSSR count). The van der Waals surface area contributed by atoms with Crippen molar-refractivity contribution in [2.75, 3.05) is 13.7 Å². The fourth-order valence-electron chi connectivity index (χ4n) is 2.93. The summed E-state index contributed by atoms with van der Waals surface area (Å²) in [4.78, 5) is 12.6. The summed E-state index contributed by atoms with van der Waals surface area (Å²) in [6.07, 6.45) is 2.55. The normalized spacial score (nSPS) is 15.0. The number of ether oxygens (including phenoxy) is 1. The highest BCUT2D eigenvalue weighted by atomic mass is 35.5. The van der Waals surface area contributed by atoms with Gasteiger partial charge in [-0.25, -0.2) is 0 Å². The van der Waals surface area contributed by atoms with E-state index in [1.54, 1.807) is 7.11 Å². The minimum Gasteiger partial charge on any atom is -0.496 e. The number of amides is 1. The summed E-state index contributed by atoms with van der Waals surface area (Å²) in [5.41, 5.74) is 1.80. The van der Waals surface area contributed by atoms with Gasteiger partial charge in [0.15, 0.2) is 0 Å². The molecule has 1 amide bonds. The van der Waals surface area contributed by atoms with E-state index in [1.165, 1.54) is 0 Å². The average molecular weight is 330 g/mol. The Labute approximate surface area is 141 Å². The van der Waals surface area contributed by atoms with Crippen molar-refractivity contribution < 1.29 is 9.53 Å². The van der Waals surface area contributed by atoms with Crippen molar-refractivity contribution in [2.45, 2.75) is 24.7 Å². The lowest BCUT2D eigenvalue weighted by Crippen LogP contribution is -2.35. The second-order valence-corrected chi connectivity index (χ2v) is 6.34. The van der Waals surface area contributed by atoms with Gasteiger partial charge in [0, 0.05) is 11.6 Å². The minimum absolute atomic E-state index is 0.106. The monoisotopic (exact) mass is 329 g/mol. The molecule has 0 radical (unpaired) electrons. The smallest absolute Gasteiger partial charge is 0.230 e. The third kappa shape index (κ3) is 3.35. The summed E-state index contributed by atoms with van der Waals surface area (Å²) in [6.45, 7) is 0.606. The molecule has 0 unspecified atom stereocenters. The predicted molar refractivity (Wildman–Crippen MR) is 92.1 cm³/mol. The number of para-hydroxylation sites is 1. The molecule has 1 fully saturated rings. The lowest BCUT2D eigenvalue weighted by molar-refractivity contribution is -0.123. The van der Waals surface area contributed by atoms with Crippen LogP contribution in [0.2, 0.25) is 5.02 Å². The van der Waals surface area contributed by atoms with Crippen LogP contribution in [0.15, 0.2) is 48.5 Å². The quantitative estimate of drug-likeness (QED) is 0.876. The predicted octanol–water partition coefficient (Wildman–Crippen LogP) is 3.74. The first-order valence-electron chi connectivity index (χ1n) is 7.82. The Hall–Kier alpha value is -2.00. The molecule has 23 heavy (non-hydrogen) atoms. The average Bonchev–Trinajstić information content (AvgIpc) is 3.38. The molecule has 0 saturated heterocycles. The van der Waals surface area contributed by atoms with Crippen LogP contribution in [-0.4, -0.2) is 19.6 Å². The van der Waals surface area contributed by atoms with Gasteiger partial charge in [-0.15, -0.1) is 0 Å². The van der Waals surface area contributed by atoms with Crippen LogP contribution >= 0.6 is 11.6 Å². The first-order chi connectivity index (χ1) is 11.2. The Morgan fingerprint density at radius 2 is 1.87 bits per heavy atom. The van der Waals surface area contributed by atoms with Crippen LogP contribution in [0.4, 0.5) is 0 Å². The standard InChI is InChI=1S/C19H20ClNO2/c1-23-17-5-3-2-4-14(17)10-13-21-18(22)19(11-12-19)15-6-8-16(20)9-7-15/h2-9H,10-13H2,1H3,(H,21,22). The summed E-state index contributed by atoms with van der Waals surface area (Å²) in [6, 6.07) is 15.5. The van der Waals surface area contributed by atoms with Crippen molar-refractivity contribution in [1.29, 1.82) is 0 Å². The zero-order valence-corrected chi connectivity index (χ0v) is 13.9. The fourth-order valence-corrected chi connectivity index (χ4v) is 3.06. The highest BCUT2D eigenvalue weighted by molar-refractivity contribution is 6.30. The van der Waals surface area contributed by atoms with Gasteiger partial charge < -0.3 is 10.1 Å². The van der Waals surface area contributed by atoms with Gasteiger partial charge >= 0.3 is 0 Å². The third-order valence-electron chi connectivity index (χ3n) is 4.45. The van der Waals surface area contributed by atoms with Crippen molar-refractivity contribution in [3.05, 3.63) is 64.7 Å². The molecule has 0 aliphatic heterocycles. The van der Waals surface area contributed by atoms with E-state index in [0.29, 0.717) is 11.6 Å². The zero-order valence-electron chi connectivity index (χ0n) is 13.1. The molecule has 4 heteroatoms. The largest absolute Gasteiger partial charge is 0.496 e. The lowest BCUT2D eigenvalue weighted by Gasteiger charge is -2.16. The molecule has 1 N–H and O–H groups in total. The molecule has 1 saturated carbocycles. The van der Waals surface area contributed by atoms with Gasteiger partial charge in [-0.3, -0.25) is 4.79 Å². The van der Waals surface area contributed by atoms with Gasteiger partial charge in [0.25, 0.3) is 0 Å². The van der Waals surface area contributed by atoms with E-state index in [4.69, 9.17) is 16.3 Å². The van der Waals surface area contributed by atoms with E-state index < -0.39 is 0 Å². The number of nitrogens with one attached hydrogen (secondary N) is 1. The Kier molecular flexibility index (Phi) is 4.58. The molecule has 0 bridgehead atoms. The molecule has 3 nitrogen and oxygen atoms in total. The topological polar surface area (TPSA) is 38.3 Å². The van der Waals surface area contributed by atoms with Crippen LogP contribution in [0.3, 0.4) is 0 Å². The van der Waals surface area contributed by atoms with Gasteiger partial charge in [-0.05, 0) is 48.6 Å². The number of benzene rings is 2. The van der Waals surface area contributed by atoms with Gasteiger partial charge in [-0.2, -0.15) is 0 Å². The Morgan fingerprint density at radius 1 is 1.17 bits per heavy atom. The fraction of sp³-hybridized carbons (Fsp3) is 0.316. The highest BCUT2D eigenvalue weighted by Gasteiger charge is 2.50. The summed E-state index contributed by atoms with van der Waals surface area (Å²) in [7, 11) is 1.66. The maximum atomic E-state index is 12.6. The maximum Gasteiger partial charge on any atom is 0.230 e. The summed E-state index contributed by atoms with van der Waals surface area (Å²) in [5, 5.41) is 3.77. The Bertz CT molecular complexity index is 693. The van der Waals surface area contributed by atoms with Gasteiger partial charge in [0.05, 0.1) is 12.5 Å². The molecule has 2 aromatic carbocycles. The molecule has 120 valence electrons. The number of methoxy groups -OCH3 is 1. The molecule has 0 atom stereocenters. The molecule has 0 aromatic heterocycles. The maximum absolute atomic E-state index is 12.6. The van der Waals surface area contributed by atoms with Crippen molar-refractivity contribution in [2.24, 2.45) is 0 Å². The number of carbonyl (C=O) groups is 1. The number of halogens is 1. The third-order valence-corrected chi connectivity index (χ3v) is 4.71. The molecular weight excluding hydrogens is 310 g/mol. The van der Waals surface area contributed by atoms with Crippen molar-refractivity contribution in [1.82, 2.24) is 5.32 Å². The molecule has 1 aliphatic carbocycles. The first-order valence-corrected chi connectivity index (χ1v) is 8.20. The SMILES string of the molecule is COc1ccccc1CCNC(=O)C1(c2ccc(Cl)cc2)CC1. The van der Waals surface area contributed by atoms with Gasteiger partial charge in [0.1, 0.15) is 5.75 Å². The first kappa shape index (κ1) is 15.9. The van der Waals surface area contributed by atoms with E-state index in [9.17, 15) is 4.79 Å². The van der Waals surface area contributed by atoms with Crippen LogP contribution in [0.1, 0.15) is 24.0 Å². The van der Waals surface area contributed by atoms with Crippen LogP contribution in [-0.2, 0) is 16.6 Å². The van der Waals surface area contributed by atoms with E-state index in [1.807, 2.05) is 48.5 Å². The Balaban J connectivity index is 1.60. The summed E-state index contributed by atoms with van der Waals surface area (Å²) < 4.78 is 5.34. The second-order valence-electron chi connectivity index (χ2n) is 5.91. The van der Waals surface area contributed by atoms with Crippen LogP contribution in [0.5, 0.6) is 5.75 Å². The van der Waals surface area contributed by atoms with Crippen LogP contribution in [0.25, 0.3) is 0 Å². The number of rotatable bonds is 6. The molecule has 0 heterocycles. The minimum atomic E-state index is -0.356. The molecular formula is C19H20ClNO2. The number of hydrogen-bond acceptors (Lipinski definition) is 2. The molecule has 2 aromatic rings.